The minimum atomic E-state index is -0.139. The molecule has 1 unspecified atom stereocenters. The van der Waals surface area contributed by atoms with Crippen LogP contribution >= 0.6 is 0 Å². The third-order valence-electron chi connectivity index (χ3n) is 3.70. The number of rotatable bonds is 7. The fourth-order valence-electron chi connectivity index (χ4n) is 2.41. The lowest BCUT2D eigenvalue weighted by Crippen LogP contribution is -2.31. The van der Waals surface area contributed by atoms with Crippen LogP contribution in [0.25, 0.3) is 0 Å². The summed E-state index contributed by atoms with van der Waals surface area (Å²) in [4.78, 5) is 0. The van der Waals surface area contributed by atoms with E-state index in [1.54, 1.807) is 12.1 Å². The normalized spacial score (nSPS) is 17.1. The van der Waals surface area contributed by atoms with Gasteiger partial charge in [0, 0.05) is 12.6 Å². The van der Waals surface area contributed by atoms with Crippen molar-refractivity contribution in [3.63, 3.8) is 0 Å². The van der Waals surface area contributed by atoms with Crippen molar-refractivity contribution in [1.29, 1.82) is 0 Å². The second kappa shape index (κ2) is 6.33. The zero-order valence-electron chi connectivity index (χ0n) is 11.5. The van der Waals surface area contributed by atoms with E-state index in [-0.39, 0.29) is 5.82 Å². The summed E-state index contributed by atoms with van der Waals surface area (Å²) in [6.45, 7) is 5.34. The van der Waals surface area contributed by atoms with E-state index in [1.807, 2.05) is 6.07 Å². The van der Waals surface area contributed by atoms with Crippen LogP contribution in [0.5, 0.6) is 0 Å². The van der Waals surface area contributed by atoms with Gasteiger partial charge in [0.25, 0.3) is 0 Å². The Hall–Kier alpha value is -0.890. The first kappa shape index (κ1) is 13.5. The minimum absolute atomic E-state index is 0.139. The Labute approximate surface area is 110 Å². The van der Waals surface area contributed by atoms with Gasteiger partial charge in [0.1, 0.15) is 5.82 Å². The molecule has 18 heavy (non-hydrogen) atoms. The number of hydrogen-bond acceptors (Lipinski definition) is 1. The van der Waals surface area contributed by atoms with Crippen LogP contribution in [0.1, 0.15) is 45.1 Å². The molecule has 0 aliphatic heterocycles. The van der Waals surface area contributed by atoms with Crippen molar-refractivity contribution in [2.45, 2.75) is 52.1 Å². The predicted octanol–water partition coefficient (Wildman–Crippen LogP) is 4.13. The molecule has 1 aliphatic rings. The molecule has 0 radical (unpaired) electrons. The molecular formula is C16H24FN. The van der Waals surface area contributed by atoms with E-state index in [2.05, 4.69) is 19.2 Å². The molecule has 2 rings (SSSR count). The van der Waals surface area contributed by atoms with Crippen LogP contribution in [0.2, 0.25) is 0 Å². The molecule has 0 aromatic heterocycles. The number of hydrogen-bond donors (Lipinski definition) is 1. The highest BCUT2D eigenvalue weighted by Gasteiger charge is 2.30. The molecule has 1 nitrogen and oxygen atoms in total. The highest BCUT2D eigenvalue weighted by Crippen LogP contribution is 2.35. The van der Waals surface area contributed by atoms with E-state index < -0.39 is 0 Å². The monoisotopic (exact) mass is 249 g/mol. The molecule has 100 valence electrons. The summed E-state index contributed by atoms with van der Waals surface area (Å²) in [5.74, 6) is 1.49. The third kappa shape index (κ3) is 4.41. The summed E-state index contributed by atoms with van der Waals surface area (Å²) in [7, 11) is 0. The summed E-state index contributed by atoms with van der Waals surface area (Å²) in [5, 5.41) is 3.61. The van der Waals surface area contributed by atoms with E-state index in [1.165, 1.54) is 31.7 Å². The van der Waals surface area contributed by atoms with E-state index >= 15 is 0 Å². The maximum absolute atomic E-state index is 13.1. The molecule has 1 saturated carbocycles. The summed E-state index contributed by atoms with van der Waals surface area (Å²) >= 11 is 0. The molecule has 0 bridgehead atoms. The zero-order valence-corrected chi connectivity index (χ0v) is 11.5. The van der Waals surface area contributed by atoms with Crippen LogP contribution in [-0.2, 0) is 6.54 Å². The summed E-state index contributed by atoms with van der Waals surface area (Å²) in [5.41, 5.74) is 1.05. The third-order valence-corrected chi connectivity index (χ3v) is 3.70. The maximum Gasteiger partial charge on any atom is 0.123 e. The fraction of sp³-hybridized carbons (Fsp3) is 0.625. The lowest BCUT2D eigenvalue weighted by Gasteiger charge is -2.19. The molecule has 0 spiro atoms. The van der Waals surface area contributed by atoms with E-state index in [9.17, 15) is 4.39 Å². The smallest absolute Gasteiger partial charge is 0.123 e. The molecule has 0 amide bonds. The number of halogens is 1. The Morgan fingerprint density at radius 1 is 1.28 bits per heavy atom. The highest BCUT2D eigenvalue weighted by atomic mass is 19.1. The molecule has 0 heterocycles. The lowest BCUT2D eigenvalue weighted by atomic mass is 10.00. The Bertz CT molecular complexity index is 371. The van der Waals surface area contributed by atoms with Crippen LogP contribution in [0, 0.1) is 17.7 Å². The number of nitrogens with one attached hydrogen (secondary N) is 1. The van der Waals surface area contributed by atoms with Crippen molar-refractivity contribution in [1.82, 2.24) is 5.32 Å². The molecule has 1 N–H and O–H groups in total. The first-order chi connectivity index (χ1) is 8.65. The average molecular weight is 249 g/mol. The Morgan fingerprint density at radius 3 is 2.67 bits per heavy atom. The van der Waals surface area contributed by atoms with Crippen molar-refractivity contribution in [3.05, 3.63) is 35.6 Å². The molecule has 1 aromatic carbocycles. The summed E-state index contributed by atoms with van der Waals surface area (Å²) < 4.78 is 13.1. The number of benzene rings is 1. The van der Waals surface area contributed by atoms with Gasteiger partial charge in [-0.05, 0) is 55.2 Å². The van der Waals surface area contributed by atoms with Crippen LogP contribution in [0.3, 0.4) is 0 Å². The van der Waals surface area contributed by atoms with Crippen LogP contribution in [0.4, 0.5) is 4.39 Å². The van der Waals surface area contributed by atoms with Gasteiger partial charge >= 0.3 is 0 Å². The summed E-state index contributed by atoms with van der Waals surface area (Å²) in [6.07, 6.45) is 5.24. The van der Waals surface area contributed by atoms with Crippen molar-refractivity contribution in [2.75, 3.05) is 0 Å². The van der Waals surface area contributed by atoms with Gasteiger partial charge in [-0.2, -0.15) is 0 Å². The van der Waals surface area contributed by atoms with Gasteiger partial charge in [-0.25, -0.2) is 4.39 Å². The molecule has 1 aromatic rings. The molecular weight excluding hydrogens is 225 g/mol. The second-order valence-corrected chi connectivity index (χ2v) is 5.93. The zero-order chi connectivity index (χ0) is 13.0. The Kier molecular flexibility index (Phi) is 4.76. The molecule has 2 heteroatoms. The fourth-order valence-corrected chi connectivity index (χ4v) is 2.41. The topological polar surface area (TPSA) is 12.0 Å². The average Bonchev–Trinajstić information content (AvgIpc) is 3.13. The van der Waals surface area contributed by atoms with Gasteiger partial charge in [-0.15, -0.1) is 0 Å². The van der Waals surface area contributed by atoms with Crippen molar-refractivity contribution in [3.8, 4) is 0 Å². The van der Waals surface area contributed by atoms with E-state index in [0.717, 1.165) is 23.9 Å². The minimum Gasteiger partial charge on any atom is -0.310 e. The maximum atomic E-state index is 13.1. The van der Waals surface area contributed by atoms with Gasteiger partial charge < -0.3 is 5.32 Å². The van der Waals surface area contributed by atoms with Crippen molar-refractivity contribution < 1.29 is 4.39 Å². The van der Waals surface area contributed by atoms with Gasteiger partial charge in [0.2, 0.25) is 0 Å². The van der Waals surface area contributed by atoms with Crippen molar-refractivity contribution in [2.24, 2.45) is 11.8 Å². The van der Waals surface area contributed by atoms with E-state index in [0.29, 0.717) is 6.04 Å². The highest BCUT2D eigenvalue weighted by molar-refractivity contribution is 5.16. The van der Waals surface area contributed by atoms with Crippen LogP contribution in [-0.4, -0.2) is 6.04 Å². The van der Waals surface area contributed by atoms with Crippen LogP contribution < -0.4 is 5.32 Å². The quantitative estimate of drug-likeness (QED) is 0.766. The Balaban J connectivity index is 1.82. The summed E-state index contributed by atoms with van der Waals surface area (Å²) in [6, 6.07) is 7.52. The SMILES string of the molecule is CC(C)CCC(NCc1cccc(F)c1)C1CC1. The standard InChI is InChI=1S/C16H24FN/c1-12(2)6-9-16(14-7-8-14)18-11-13-4-3-5-15(17)10-13/h3-5,10,12,14,16,18H,6-9,11H2,1-2H3. The van der Waals surface area contributed by atoms with Crippen LogP contribution in [0.15, 0.2) is 24.3 Å². The van der Waals surface area contributed by atoms with Gasteiger partial charge in [-0.3, -0.25) is 0 Å². The first-order valence-electron chi connectivity index (χ1n) is 7.13. The molecule has 0 saturated heterocycles. The van der Waals surface area contributed by atoms with E-state index in [4.69, 9.17) is 0 Å². The van der Waals surface area contributed by atoms with Gasteiger partial charge in [0.15, 0.2) is 0 Å². The predicted molar refractivity (Wildman–Crippen MR) is 73.8 cm³/mol. The molecule has 1 atom stereocenters. The first-order valence-corrected chi connectivity index (χ1v) is 7.13. The molecule has 1 fully saturated rings. The van der Waals surface area contributed by atoms with Crippen molar-refractivity contribution >= 4 is 0 Å². The second-order valence-electron chi connectivity index (χ2n) is 5.93. The van der Waals surface area contributed by atoms with Gasteiger partial charge in [0.05, 0.1) is 0 Å². The largest absolute Gasteiger partial charge is 0.310 e. The molecule has 1 aliphatic carbocycles. The Morgan fingerprint density at radius 2 is 2.06 bits per heavy atom. The lowest BCUT2D eigenvalue weighted by molar-refractivity contribution is 0.394. The van der Waals surface area contributed by atoms with Gasteiger partial charge in [-0.1, -0.05) is 26.0 Å².